The molecule has 0 saturated heterocycles. The molecule has 0 aromatic heterocycles. The first-order chi connectivity index (χ1) is 9.47. The minimum absolute atomic E-state index is 0.0982. The molecule has 1 unspecified atom stereocenters. The summed E-state index contributed by atoms with van der Waals surface area (Å²) in [6, 6.07) is 3.81. The van der Waals surface area contributed by atoms with Crippen molar-refractivity contribution >= 4 is 11.8 Å². The van der Waals surface area contributed by atoms with E-state index < -0.39 is 17.8 Å². The van der Waals surface area contributed by atoms with Gasteiger partial charge in [-0.15, -0.1) is 0 Å². The van der Waals surface area contributed by atoms with Crippen molar-refractivity contribution in [3.8, 4) is 0 Å². The lowest BCUT2D eigenvalue weighted by Crippen LogP contribution is -2.42. The number of nitrogens with one attached hydrogen (secondary N) is 2. The van der Waals surface area contributed by atoms with E-state index in [1.54, 1.807) is 6.92 Å². The molecule has 1 saturated carbocycles. The summed E-state index contributed by atoms with van der Waals surface area (Å²) in [5.74, 6) is -1.14. The Hall–Kier alpha value is -1.95. The van der Waals surface area contributed by atoms with Crippen LogP contribution in [0.15, 0.2) is 18.2 Å². The third-order valence-electron chi connectivity index (χ3n) is 3.25. The minimum Gasteiger partial charge on any atom is -0.366 e. The topological polar surface area (TPSA) is 84.2 Å². The van der Waals surface area contributed by atoms with Gasteiger partial charge in [0.25, 0.3) is 0 Å². The second-order valence-electron chi connectivity index (χ2n) is 5.06. The molecule has 1 aliphatic carbocycles. The molecule has 0 heterocycles. The van der Waals surface area contributed by atoms with Crippen LogP contribution in [-0.4, -0.2) is 23.9 Å². The van der Waals surface area contributed by atoms with Gasteiger partial charge in [0, 0.05) is 23.7 Å². The van der Waals surface area contributed by atoms with Crippen LogP contribution in [0.4, 0.5) is 4.39 Å². The number of amides is 2. The van der Waals surface area contributed by atoms with Crippen LogP contribution in [0.5, 0.6) is 0 Å². The Balaban J connectivity index is 1.93. The molecule has 6 heteroatoms. The second-order valence-corrected chi connectivity index (χ2v) is 5.06. The lowest BCUT2D eigenvalue weighted by Gasteiger charge is -2.14. The summed E-state index contributed by atoms with van der Waals surface area (Å²) in [5.41, 5.74) is 5.71. The number of halogens is 1. The maximum atomic E-state index is 13.6. The van der Waals surface area contributed by atoms with Crippen LogP contribution in [0.25, 0.3) is 0 Å². The second kappa shape index (κ2) is 6.00. The highest BCUT2D eigenvalue weighted by Crippen LogP contribution is 2.18. The summed E-state index contributed by atoms with van der Waals surface area (Å²) in [5, 5.41) is 5.80. The average molecular weight is 279 g/mol. The van der Waals surface area contributed by atoms with Gasteiger partial charge in [0.05, 0.1) is 6.04 Å². The highest BCUT2D eigenvalue weighted by Gasteiger charge is 2.25. The zero-order chi connectivity index (χ0) is 14.7. The summed E-state index contributed by atoms with van der Waals surface area (Å²) in [6.45, 7) is 1.87. The van der Waals surface area contributed by atoms with Crippen molar-refractivity contribution in [1.29, 1.82) is 0 Å². The molecule has 1 atom stereocenters. The molecule has 0 radical (unpaired) electrons. The fourth-order valence-electron chi connectivity index (χ4n) is 1.77. The molecule has 4 N–H and O–H groups in total. The van der Waals surface area contributed by atoms with E-state index in [1.807, 2.05) is 0 Å². The molecular formula is C14H18FN3O2. The van der Waals surface area contributed by atoms with Gasteiger partial charge in [0.15, 0.2) is 0 Å². The molecule has 1 aromatic rings. The average Bonchev–Trinajstić information content (AvgIpc) is 3.20. The number of carbonyl (C=O) groups excluding carboxylic acids is 2. The van der Waals surface area contributed by atoms with Gasteiger partial charge in [-0.2, -0.15) is 0 Å². The van der Waals surface area contributed by atoms with Gasteiger partial charge >= 0.3 is 0 Å². The van der Waals surface area contributed by atoms with Crippen LogP contribution in [0.2, 0.25) is 0 Å². The van der Waals surface area contributed by atoms with Crippen molar-refractivity contribution in [1.82, 2.24) is 10.6 Å². The number of hydrogen-bond donors (Lipinski definition) is 3. The van der Waals surface area contributed by atoms with Gasteiger partial charge in [-0.1, -0.05) is 0 Å². The fraction of sp³-hybridized carbons (Fsp3) is 0.429. The van der Waals surface area contributed by atoms with Crippen LogP contribution in [0, 0.1) is 5.82 Å². The van der Waals surface area contributed by atoms with Crippen molar-refractivity contribution in [2.24, 2.45) is 5.73 Å². The molecule has 5 nitrogen and oxygen atoms in total. The molecule has 1 fully saturated rings. The van der Waals surface area contributed by atoms with Crippen molar-refractivity contribution < 1.29 is 14.0 Å². The first-order valence-electron chi connectivity index (χ1n) is 6.59. The van der Waals surface area contributed by atoms with Crippen molar-refractivity contribution in [3.63, 3.8) is 0 Å². The molecule has 0 bridgehead atoms. The van der Waals surface area contributed by atoms with E-state index >= 15 is 0 Å². The zero-order valence-corrected chi connectivity index (χ0v) is 11.3. The third-order valence-corrected chi connectivity index (χ3v) is 3.25. The molecule has 0 aliphatic heterocycles. The van der Waals surface area contributed by atoms with E-state index in [2.05, 4.69) is 10.6 Å². The Morgan fingerprint density at radius 1 is 1.45 bits per heavy atom. The molecule has 108 valence electrons. The monoisotopic (exact) mass is 279 g/mol. The molecule has 2 rings (SSSR count). The van der Waals surface area contributed by atoms with E-state index in [1.165, 1.54) is 18.2 Å². The predicted octanol–water partition coefficient (Wildman–Crippen LogP) is 0.681. The zero-order valence-electron chi connectivity index (χ0n) is 11.3. The number of hydrogen-bond acceptors (Lipinski definition) is 3. The highest BCUT2D eigenvalue weighted by molar-refractivity contribution is 5.92. The van der Waals surface area contributed by atoms with Crippen molar-refractivity contribution in [2.75, 3.05) is 0 Å². The van der Waals surface area contributed by atoms with E-state index in [-0.39, 0.29) is 18.0 Å². The minimum atomic E-state index is -0.606. The Kier molecular flexibility index (Phi) is 4.34. The van der Waals surface area contributed by atoms with E-state index in [9.17, 15) is 14.0 Å². The van der Waals surface area contributed by atoms with Gasteiger partial charge in [-0.25, -0.2) is 4.39 Å². The molecule has 1 aromatic carbocycles. The Labute approximate surface area is 116 Å². The molecule has 1 aliphatic rings. The van der Waals surface area contributed by atoms with E-state index in [0.717, 1.165) is 12.8 Å². The summed E-state index contributed by atoms with van der Waals surface area (Å²) in [6.07, 6.45) is 2.04. The van der Waals surface area contributed by atoms with Gasteiger partial charge < -0.3 is 16.4 Å². The molecular weight excluding hydrogens is 261 g/mol. The maximum Gasteiger partial charge on any atom is 0.248 e. The Morgan fingerprint density at radius 2 is 2.15 bits per heavy atom. The summed E-state index contributed by atoms with van der Waals surface area (Å²) < 4.78 is 13.6. The van der Waals surface area contributed by atoms with Crippen LogP contribution in [0.1, 0.15) is 35.7 Å². The first kappa shape index (κ1) is 14.5. The number of primary amides is 1. The van der Waals surface area contributed by atoms with Crippen LogP contribution >= 0.6 is 0 Å². The number of nitrogens with two attached hydrogens (primary N) is 1. The van der Waals surface area contributed by atoms with Gasteiger partial charge in [-0.3, -0.25) is 9.59 Å². The summed E-state index contributed by atoms with van der Waals surface area (Å²) in [7, 11) is 0. The lowest BCUT2D eigenvalue weighted by molar-refractivity contribution is -0.122. The van der Waals surface area contributed by atoms with Gasteiger partial charge in [0.2, 0.25) is 11.8 Å². The SMILES string of the molecule is CC(NCc1cc(C(N)=O)ccc1F)C(=O)NC1CC1. The molecule has 0 spiro atoms. The normalized spacial score (nSPS) is 15.7. The highest BCUT2D eigenvalue weighted by atomic mass is 19.1. The first-order valence-corrected chi connectivity index (χ1v) is 6.59. The van der Waals surface area contributed by atoms with Crippen molar-refractivity contribution in [3.05, 3.63) is 35.1 Å². The van der Waals surface area contributed by atoms with Crippen LogP contribution in [-0.2, 0) is 11.3 Å². The summed E-state index contributed by atoms with van der Waals surface area (Å²) >= 11 is 0. The quantitative estimate of drug-likeness (QED) is 0.716. The van der Waals surface area contributed by atoms with Gasteiger partial charge in [0.1, 0.15) is 5.82 Å². The molecule has 2 amide bonds. The standard InChI is InChI=1S/C14H18FN3O2/c1-8(14(20)18-11-3-4-11)17-7-10-6-9(13(16)19)2-5-12(10)15/h2,5-6,8,11,17H,3-4,7H2,1H3,(H2,16,19)(H,18,20). The maximum absolute atomic E-state index is 13.6. The predicted molar refractivity (Wildman–Crippen MR) is 72.4 cm³/mol. The van der Waals surface area contributed by atoms with E-state index in [0.29, 0.717) is 11.6 Å². The third kappa shape index (κ3) is 3.77. The number of benzene rings is 1. The largest absolute Gasteiger partial charge is 0.366 e. The van der Waals surface area contributed by atoms with Crippen LogP contribution < -0.4 is 16.4 Å². The number of rotatable bonds is 6. The Bertz CT molecular complexity index is 529. The van der Waals surface area contributed by atoms with Crippen molar-refractivity contribution in [2.45, 2.75) is 38.4 Å². The number of carbonyl (C=O) groups is 2. The molecule has 20 heavy (non-hydrogen) atoms. The van der Waals surface area contributed by atoms with Crippen LogP contribution in [0.3, 0.4) is 0 Å². The fourth-order valence-corrected chi connectivity index (χ4v) is 1.77. The van der Waals surface area contributed by atoms with Gasteiger partial charge in [-0.05, 0) is 38.0 Å². The summed E-state index contributed by atoms with van der Waals surface area (Å²) in [4.78, 5) is 22.8. The smallest absolute Gasteiger partial charge is 0.248 e. The Morgan fingerprint density at radius 3 is 2.75 bits per heavy atom. The lowest BCUT2D eigenvalue weighted by atomic mass is 10.1. The van der Waals surface area contributed by atoms with E-state index in [4.69, 9.17) is 5.73 Å².